The van der Waals surface area contributed by atoms with Gasteiger partial charge in [-0.2, -0.15) is 5.10 Å². The first-order chi connectivity index (χ1) is 6.29. The van der Waals surface area contributed by atoms with Crippen molar-refractivity contribution in [3.05, 3.63) is 17.5 Å². The maximum absolute atomic E-state index is 5.29. The van der Waals surface area contributed by atoms with E-state index in [0.717, 1.165) is 24.2 Å². The van der Waals surface area contributed by atoms with Crippen LogP contribution in [0.4, 0.5) is 0 Å². The van der Waals surface area contributed by atoms with Gasteiger partial charge in [0.2, 0.25) is 0 Å². The molecule has 0 saturated carbocycles. The van der Waals surface area contributed by atoms with Crippen LogP contribution in [0.2, 0.25) is 0 Å². The quantitative estimate of drug-likeness (QED) is 0.682. The van der Waals surface area contributed by atoms with E-state index < -0.39 is 0 Å². The molecule has 0 spiro atoms. The van der Waals surface area contributed by atoms with Crippen molar-refractivity contribution in [2.75, 3.05) is 6.54 Å². The SMILES string of the molecule is CCCn1ncc(C#CCN)c1C. The van der Waals surface area contributed by atoms with E-state index in [4.69, 9.17) is 5.73 Å². The second-order valence-electron chi connectivity index (χ2n) is 2.87. The Bertz CT molecular complexity index is 328. The van der Waals surface area contributed by atoms with Gasteiger partial charge in [-0.05, 0) is 13.3 Å². The fraction of sp³-hybridized carbons (Fsp3) is 0.500. The van der Waals surface area contributed by atoms with Gasteiger partial charge in [0.25, 0.3) is 0 Å². The first-order valence-corrected chi connectivity index (χ1v) is 4.51. The van der Waals surface area contributed by atoms with E-state index in [1.807, 2.05) is 11.6 Å². The molecule has 0 aliphatic rings. The van der Waals surface area contributed by atoms with Crippen LogP contribution in [0, 0.1) is 18.8 Å². The van der Waals surface area contributed by atoms with Crippen molar-refractivity contribution < 1.29 is 0 Å². The summed E-state index contributed by atoms with van der Waals surface area (Å²) in [5.41, 5.74) is 7.40. The summed E-state index contributed by atoms with van der Waals surface area (Å²) in [6.07, 6.45) is 2.89. The molecule has 0 unspecified atom stereocenters. The molecule has 70 valence electrons. The Morgan fingerprint density at radius 1 is 1.62 bits per heavy atom. The second-order valence-corrected chi connectivity index (χ2v) is 2.87. The summed E-state index contributed by atoms with van der Waals surface area (Å²) in [4.78, 5) is 0. The van der Waals surface area contributed by atoms with Crippen LogP contribution in [0.1, 0.15) is 24.6 Å². The van der Waals surface area contributed by atoms with Crippen molar-refractivity contribution in [2.24, 2.45) is 5.73 Å². The molecule has 0 amide bonds. The van der Waals surface area contributed by atoms with Gasteiger partial charge in [-0.3, -0.25) is 4.68 Å². The molecule has 0 radical (unpaired) electrons. The van der Waals surface area contributed by atoms with Gasteiger partial charge in [0.1, 0.15) is 0 Å². The van der Waals surface area contributed by atoms with E-state index in [0.29, 0.717) is 6.54 Å². The first kappa shape index (κ1) is 9.82. The third-order valence-electron chi connectivity index (χ3n) is 1.86. The Hall–Kier alpha value is -1.27. The third kappa shape index (κ3) is 2.33. The van der Waals surface area contributed by atoms with Crippen LogP contribution in [0.5, 0.6) is 0 Å². The molecule has 0 aliphatic heterocycles. The normalized spacial score (nSPS) is 9.46. The number of rotatable bonds is 2. The molecule has 0 saturated heterocycles. The molecule has 13 heavy (non-hydrogen) atoms. The van der Waals surface area contributed by atoms with Gasteiger partial charge in [-0.15, -0.1) is 0 Å². The summed E-state index contributed by atoms with van der Waals surface area (Å²) >= 11 is 0. The highest BCUT2D eigenvalue weighted by Crippen LogP contribution is 2.05. The van der Waals surface area contributed by atoms with Crippen LogP contribution in [0.3, 0.4) is 0 Å². The minimum absolute atomic E-state index is 0.401. The number of nitrogens with zero attached hydrogens (tertiary/aromatic N) is 2. The molecule has 1 rings (SSSR count). The first-order valence-electron chi connectivity index (χ1n) is 4.51. The van der Waals surface area contributed by atoms with Gasteiger partial charge in [0.05, 0.1) is 24.0 Å². The molecule has 2 N–H and O–H groups in total. The van der Waals surface area contributed by atoms with E-state index in [1.165, 1.54) is 0 Å². The van der Waals surface area contributed by atoms with Gasteiger partial charge < -0.3 is 5.73 Å². The van der Waals surface area contributed by atoms with Crippen molar-refractivity contribution in [1.82, 2.24) is 9.78 Å². The monoisotopic (exact) mass is 177 g/mol. The van der Waals surface area contributed by atoms with Crippen LogP contribution in [0.25, 0.3) is 0 Å². The molecule has 1 heterocycles. The number of aromatic nitrogens is 2. The summed E-state index contributed by atoms with van der Waals surface area (Å²) in [6, 6.07) is 0. The molecular formula is C10H15N3. The largest absolute Gasteiger partial charge is 0.320 e. The summed E-state index contributed by atoms with van der Waals surface area (Å²) in [6.45, 7) is 5.52. The van der Waals surface area contributed by atoms with Crippen LogP contribution in [-0.4, -0.2) is 16.3 Å². The zero-order chi connectivity index (χ0) is 9.68. The topological polar surface area (TPSA) is 43.8 Å². The van der Waals surface area contributed by atoms with Crippen LogP contribution < -0.4 is 5.73 Å². The Morgan fingerprint density at radius 2 is 2.38 bits per heavy atom. The number of hydrogen-bond donors (Lipinski definition) is 1. The molecule has 3 nitrogen and oxygen atoms in total. The van der Waals surface area contributed by atoms with Crippen molar-refractivity contribution >= 4 is 0 Å². The molecule has 0 atom stereocenters. The Labute approximate surface area is 78.9 Å². The minimum Gasteiger partial charge on any atom is -0.320 e. The van der Waals surface area contributed by atoms with E-state index in [9.17, 15) is 0 Å². The fourth-order valence-electron chi connectivity index (χ4n) is 1.15. The highest BCUT2D eigenvalue weighted by molar-refractivity contribution is 5.35. The van der Waals surface area contributed by atoms with Crippen LogP contribution >= 0.6 is 0 Å². The third-order valence-corrected chi connectivity index (χ3v) is 1.86. The number of aryl methyl sites for hydroxylation is 1. The zero-order valence-corrected chi connectivity index (χ0v) is 8.17. The lowest BCUT2D eigenvalue weighted by atomic mass is 10.2. The lowest BCUT2D eigenvalue weighted by Gasteiger charge is -1.99. The maximum atomic E-state index is 5.29. The average Bonchev–Trinajstić information content (AvgIpc) is 2.46. The van der Waals surface area contributed by atoms with Crippen molar-refractivity contribution in [1.29, 1.82) is 0 Å². The molecule has 0 aliphatic carbocycles. The minimum atomic E-state index is 0.401. The van der Waals surface area contributed by atoms with Crippen LogP contribution in [-0.2, 0) is 6.54 Å². The molecular weight excluding hydrogens is 162 g/mol. The summed E-state index contributed by atoms with van der Waals surface area (Å²) < 4.78 is 1.97. The Balaban J connectivity index is 2.86. The number of nitrogens with two attached hydrogens (primary N) is 1. The second kappa shape index (κ2) is 4.68. The lowest BCUT2D eigenvalue weighted by molar-refractivity contribution is 0.587. The summed E-state index contributed by atoms with van der Waals surface area (Å²) in [5, 5.41) is 4.23. The van der Waals surface area contributed by atoms with E-state index in [2.05, 4.69) is 23.9 Å². The average molecular weight is 177 g/mol. The van der Waals surface area contributed by atoms with Crippen LogP contribution in [0.15, 0.2) is 6.20 Å². The van der Waals surface area contributed by atoms with Gasteiger partial charge in [0, 0.05) is 6.54 Å². The molecule has 0 fully saturated rings. The zero-order valence-electron chi connectivity index (χ0n) is 8.17. The predicted molar refractivity (Wildman–Crippen MR) is 53.2 cm³/mol. The Morgan fingerprint density at radius 3 is 3.00 bits per heavy atom. The highest BCUT2D eigenvalue weighted by Gasteiger charge is 2.01. The molecule has 0 aromatic carbocycles. The summed E-state index contributed by atoms with van der Waals surface area (Å²) in [5.74, 6) is 5.82. The number of hydrogen-bond acceptors (Lipinski definition) is 2. The lowest BCUT2D eigenvalue weighted by Crippen LogP contribution is -2.01. The smallest absolute Gasteiger partial charge is 0.0655 e. The van der Waals surface area contributed by atoms with Crippen molar-refractivity contribution in [2.45, 2.75) is 26.8 Å². The Kier molecular flexibility index (Phi) is 3.53. The van der Waals surface area contributed by atoms with Gasteiger partial charge in [-0.1, -0.05) is 18.8 Å². The van der Waals surface area contributed by atoms with E-state index in [1.54, 1.807) is 6.20 Å². The van der Waals surface area contributed by atoms with E-state index >= 15 is 0 Å². The summed E-state index contributed by atoms with van der Waals surface area (Å²) in [7, 11) is 0. The van der Waals surface area contributed by atoms with Crippen molar-refractivity contribution in [3.8, 4) is 11.8 Å². The molecule has 1 aromatic heterocycles. The fourth-order valence-corrected chi connectivity index (χ4v) is 1.15. The van der Waals surface area contributed by atoms with Gasteiger partial charge in [0.15, 0.2) is 0 Å². The van der Waals surface area contributed by atoms with Crippen molar-refractivity contribution in [3.63, 3.8) is 0 Å². The predicted octanol–water partition coefficient (Wildman–Crippen LogP) is 0.912. The molecule has 0 bridgehead atoms. The van der Waals surface area contributed by atoms with E-state index in [-0.39, 0.29) is 0 Å². The standard InChI is InChI=1S/C10H15N3/c1-3-7-13-9(2)10(8-12-13)5-4-6-11/h8H,3,6-7,11H2,1-2H3. The molecule has 3 heteroatoms. The van der Waals surface area contributed by atoms with Gasteiger partial charge >= 0.3 is 0 Å². The maximum Gasteiger partial charge on any atom is 0.0655 e. The van der Waals surface area contributed by atoms with Gasteiger partial charge in [-0.25, -0.2) is 0 Å². The molecule has 1 aromatic rings. The highest BCUT2D eigenvalue weighted by atomic mass is 15.3.